The van der Waals surface area contributed by atoms with E-state index in [0.717, 1.165) is 0 Å². The third-order valence-electron chi connectivity index (χ3n) is 4.76. The molecule has 0 aromatic heterocycles. The second kappa shape index (κ2) is 10.7. The third kappa shape index (κ3) is 5.85. The number of rotatable bonds is 8. The van der Waals surface area contributed by atoms with Gasteiger partial charge in [-0.3, -0.25) is 9.59 Å². The van der Waals surface area contributed by atoms with Crippen molar-refractivity contribution in [3.63, 3.8) is 0 Å². The molecule has 0 spiro atoms. The molecular formula is C21H29NO7. The van der Waals surface area contributed by atoms with Crippen LogP contribution in [0.1, 0.15) is 44.0 Å². The monoisotopic (exact) mass is 407 g/mol. The molecule has 1 aliphatic heterocycles. The molecule has 1 heterocycles. The number of hydrogen-bond donors (Lipinski definition) is 0. The Bertz CT molecular complexity index is 726. The number of nitrogens with zero attached hydrogens (tertiary/aromatic N) is 1. The van der Waals surface area contributed by atoms with Crippen molar-refractivity contribution in [2.75, 3.05) is 33.4 Å². The van der Waals surface area contributed by atoms with E-state index in [9.17, 15) is 14.4 Å². The first-order valence-corrected chi connectivity index (χ1v) is 9.88. The van der Waals surface area contributed by atoms with E-state index in [1.165, 1.54) is 13.2 Å². The minimum atomic E-state index is -0.931. The molecule has 1 atom stereocenters. The van der Waals surface area contributed by atoms with E-state index in [2.05, 4.69) is 0 Å². The van der Waals surface area contributed by atoms with Crippen LogP contribution in [0.25, 0.3) is 0 Å². The van der Waals surface area contributed by atoms with Gasteiger partial charge in [0.15, 0.2) is 17.6 Å². The van der Waals surface area contributed by atoms with Crippen LogP contribution in [0.5, 0.6) is 11.5 Å². The van der Waals surface area contributed by atoms with Crippen molar-refractivity contribution < 1.29 is 33.3 Å². The summed E-state index contributed by atoms with van der Waals surface area (Å²) in [5.41, 5.74) is 0.269. The zero-order valence-electron chi connectivity index (χ0n) is 17.4. The Morgan fingerprint density at radius 2 is 1.79 bits per heavy atom. The molecule has 1 amide bonds. The van der Waals surface area contributed by atoms with Crippen molar-refractivity contribution in [1.29, 1.82) is 0 Å². The summed E-state index contributed by atoms with van der Waals surface area (Å²) in [6.45, 7) is 6.85. The molecule has 1 fully saturated rings. The van der Waals surface area contributed by atoms with E-state index in [1.54, 1.807) is 30.9 Å². The number of carbonyl (C=O) groups is 3. The molecule has 2 rings (SSSR count). The third-order valence-corrected chi connectivity index (χ3v) is 4.76. The molecule has 0 saturated carbocycles. The van der Waals surface area contributed by atoms with Gasteiger partial charge in [0.1, 0.15) is 0 Å². The zero-order chi connectivity index (χ0) is 21.4. The van der Waals surface area contributed by atoms with Gasteiger partial charge in [-0.1, -0.05) is 0 Å². The van der Waals surface area contributed by atoms with Gasteiger partial charge in [0.25, 0.3) is 5.91 Å². The van der Waals surface area contributed by atoms with Crippen LogP contribution in [0, 0.1) is 5.92 Å². The Kier molecular flexibility index (Phi) is 8.30. The molecular weight excluding hydrogens is 378 g/mol. The molecule has 160 valence electrons. The molecule has 0 radical (unpaired) electrons. The average Bonchev–Trinajstić information content (AvgIpc) is 2.73. The highest BCUT2D eigenvalue weighted by Crippen LogP contribution is 2.28. The van der Waals surface area contributed by atoms with Crippen molar-refractivity contribution in [2.24, 2.45) is 5.92 Å². The molecule has 8 heteroatoms. The van der Waals surface area contributed by atoms with Crippen LogP contribution >= 0.6 is 0 Å². The van der Waals surface area contributed by atoms with Gasteiger partial charge in [-0.05, 0) is 51.8 Å². The lowest BCUT2D eigenvalue weighted by Crippen LogP contribution is -2.45. The van der Waals surface area contributed by atoms with E-state index in [4.69, 9.17) is 18.9 Å². The van der Waals surface area contributed by atoms with Crippen molar-refractivity contribution in [3.8, 4) is 11.5 Å². The lowest BCUT2D eigenvalue weighted by molar-refractivity contribution is -0.152. The van der Waals surface area contributed by atoms with Gasteiger partial charge in [-0.2, -0.15) is 0 Å². The number of amides is 1. The summed E-state index contributed by atoms with van der Waals surface area (Å²) >= 11 is 0. The smallest absolute Gasteiger partial charge is 0.339 e. The highest BCUT2D eigenvalue weighted by atomic mass is 16.5. The van der Waals surface area contributed by atoms with Crippen molar-refractivity contribution in [2.45, 2.75) is 39.7 Å². The predicted octanol–water partition coefficient (Wildman–Crippen LogP) is 2.44. The number of carbonyl (C=O) groups excluding carboxylic acids is 3. The Hall–Kier alpha value is -2.77. The second-order valence-corrected chi connectivity index (χ2v) is 6.70. The van der Waals surface area contributed by atoms with Crippen LogP contribution in [0.3, 0.4) is 0 Å². The molecule has 1 aliphatic rings. The molecule has 0 aliphatic carbocycles. The van der Waals surface area contributed by atoms with Crippen LogP contribution in [0.15, 0.2) is 18.2 Å². The predicted molar refractivity (Wildman–Crippen MR) is 105 cm³/mol. The number of hydrogen-bond acceptors (Lipinski definition) is 7. The zero-order valence-corrected chi connectivity index (χ0v) is 17.4. The van der Waals surface area contributed by atoms with Crippen molar-refractivity contribution in [1.82, 2.24) is 4.90 Å². The van der Waals surface area contributed by atoms with E-state index < -0.39 is 12.1 Å². The fourth-order valence-electron chi connectivity index (χ4n) is 3.20. The topological polar surface area (TPSA) is 91.4 Å². The molecule has 1 aromatic carbocycles. The Labute approximate surface area is 171 Å². The Morgan fingerprint density at radius 1 is 1.10 bits per heavy atom. The molecule has 29 heavy (non-hydrogen) atoms. The van der Waals surface area contributed by atoms with Crippen LogP contribution in [-0.4, -0.2) is 62.3 Å². The largest absolute Gasteiger partial charge is 0.493 e. The summed E-state index contributed by atoms with van der Waals surface area (Å²) in [7, 11) is 1.49. The second-order valence-electron chi connectivity index (χ2n) is 6.70. The fraction of sp³-hybridized carbons (Fsp3) is 0.571. The van der Waals surface area contributed by atoms with Crippen LogP contribution in [-0.2, 0) is 19.1 Å². The summed E-state index contributed by atoms with van der Waals surface area (Å²) in [5, 5.41) is 0. The van der Waals surface area contributed by atoms with Gasteiger partial charge in [-0.25, -0.2) is 4.79 Å². The summed E-state index contributed by atoms with van der Waals surface area (Å²) in [6.07, 6.45) is 0.155. The van der Waals surface area contributed by atoms with E-state index >= 15 is 0 Å². The van der Waals surface area contributed by atoms with Gasteiger partial charge in [0, 0.05) is 13.1 Å². The highest BCUT2D eigenvalue weighted by Gasteiger charge is 2.31. The van der Waals surface area contributed by atoms with Gasteiger partial charge < -0.3 is 23.8 Å². The summed E-state index contributed by atoms with van der Waals surface area (Å²) in [4.78, 5) is 38.5. The van der Waals surface area contributed by atoms with E-state index in [0.29, 0.717) is 50.6 Å². The van der Waals surface area contributed by atoms with Crippen molar-refractivity contribution >= 4 is 17.8 Å². The van der Waals surface area contributed by atoms with Crippen molar-refractivity contribution in [3.05, 3.63) is 23.8 Å². The number of ether oxygens (including phenoxy) is 4. The maximum atomic E-state index is 12.6. The van der Waals surface area contributed by atoms with Gasteiger partial charge in [0.05, 0.1) is 31.8 Å². The van der Waals surface area contributed by atoms with Gasteiger partial charge >= 0.3 is 11.9 Å². The summed E-state index contributed by atoms with van der Waals surface area (Å²) in [6, 6.07) is 4.72. The minimum Gasteiger partial charge on any atom is -0.493 e. The molecule has 1 unspecified atom stereocenters. The van der Waals surface area contributed by atoms with Crippen LogP contribution in [0.2, 0.25) is 0 Å². The standard InChI is InChI=1S/C21H29NO7/c1-5-27-17-8-7-16(13-18(17)26-4)21(25)29-14(3)19(23)22-11-9-15(10-12-22)20(24)28-6-2/h7-8,13-15H,5-6,9-12H2,1-4H3. The van der Waals surface area contributed by atoms with E-state index in [1.807, 2.05) is 6.92 Å². The number of methoxy groups -OCH3 is 1. The normalized spacial score (nSPS) is 15.4. The Morgan fingerprint density at radius 3 is 2.38 bits per heavy atom. The van der Waals surface area contributed by atoms with Gasteiger partial charge in [-0.15, -0.1) is 0 Å². The van der Waals surface area contributed by atoms with E-state index in [-0.39, 0.29) is 23.4 Å². The molecule has 0 N–H and O–H groups in total. The average molecular weight is 407 g/mol. The number of esters is 2. The molecule has 8 nitrogen and oxygen atoms in total. The van der Waals surface area contributed by atoms with Gasteiger partial charge in [0.2, 0.25) is 0 Å². The maximum absolute atomic E-state index is 12.6. The number of likely N-dealkylation sites (tertiary alicyclic amines) is 1. The number of benzene rings is 1. The SMILES string of the molecule is CCOC(=O)C1CCN(C(=O)C(C)OC(=O)c2ccc(OCC)c(OC)c2)CC1. The molecule has 0 bridgehead atoms. The highest BCUT2D eigenvalue weighted by molar-refractivity contribution is 5.93. The van der Waals surface area contributed by atoms with Crippen LogP contribution in [0.4, 0.5) is 0 Å². The lowest BCUT2D eigenvalue weighted by atomic mass is 9.97. The molecule has 1 saturated heterocycles. The van der Waals surface area contributed by atoms with Crippen LogP contribution < -0.4 is 9.47 Å². The Balaban J connectivity index is 1.92. The fourth-order valence-corrected chi connectivity index (χ4v) is 3.20. The maximum Gasteiger partial charge on any atom is 0.339 e. The number of piperidine rings is 1. The molecule has 1 aromatic rings. The summed E-state index contributed by atoms with van der Waals surface area (Å²) < 4.78 is 21.1. The first-order chi connectivity index (χ1) is 13.9. The first kappa shape index (κ1) is 22.5. The minimum absolute atomic E-state index is 0.187. The summed E-state index contributed by atoms with van der Waals surface area (Å²) in [5.74, 6) is -0.356. The lowest BCUT2D eigenvalue weighted by Gasteiger charge is -2.32. The quantitative estimate of drug-likeness (QED) is 0.611. The first-order valence-electron chi connectivity index (χ1n) is 9.88.